The van der Waals surface area contributed by atoms with Crippen LogP contribution < -0.4 is 19.7 Å². The molecule has 1 atom stereocenters. The number of alkyl halides is 3. The largest absolute Gasteiger partial charge is 0.486 e. The van der Waals surface area contributed by atoms with Crippen molar-refractivity contribution in [2.24, 2.45) is 10.6 Å². The van der Waals surface area contributed by atoms with Crippen molar-refractivity contribution in [2.75, 3.05) is 22.9 Å². The average Bonchev–Trinajstić information content (AvgIpc) is 3.53. The van der Waals surface area contributed by atoms with Gasteiger partial charge in [-0.25, -0.2) is 13.2 Å². The van der Waals surface area contributed by atoms with Crippen molar-refractivity contribution < 1.29 is 40.7 Å². The van der Waals surface area contributed by atoms with E-state index in [1.807, 2.05) is 13.8 Å². The minimum Gasteiger partial charge on any atom is -0.486 e. The number of ether oxygens (including phenoxy) is 2. The van der Waals surface area contributed by atoms with Crippen LogP contribution in [0, 0.1) is 5.41 Å². The summed E-state index contributed by atoms with van der Waals surface area (Å²) >= 11 is 6.21. The number of rotatable bonds is 8. The summed E-state index contributed by atoms with van der Waals surface area (Å²) in [5.41, 5.74) is -3.34. The molecule has 1 aromatic carbocycles. The molecule has 3 heterocycles. The van der Waals surface area contributed by atoms with Crippen molar-refractivity contribution in [3.8, 4) is 5.75 Å². The Kier molecular flexibility index (Phi) is 8.03. The highest BCUT2D eigenvalue weighted by Gasteiger charge is 2.51. The Hall–Kier alpha value is -3.40. The van der Waals surface area contributed by atoms with Crippen LogP contribution in [0.15, 0.2) is 34.4 Å². The van der Waals surface area contributed by atoms with E-state index in [1.165, 1.54) is 29.1 Å². The second-order valence-electron chi connectivity index (χ2n) is 10.6. The highest BCUT2D eigenvalue weighted by Crippen LogP contribution is 2.42. The number of amidine groups is 1. The molecule has 1 aromatic heterocycles. The minimum absolute atomic E-state index is 0.0219. The van der Waals surface area contributed by atoms with Gasteiger partial charge in [-0.1, -0.05) is 30.6 Å². The Morgan fingerprint density at radius 1 is 1.27 bits per heavy atom. The van der Waals surface area contributed by atoms with Crippen molar-refractivity contribution in [2.45, 2.75) is 70.4 Å². The fraction of sp³-hybridized carbons (Fsp3) is 0.542. The Balaban J connectivity index is 1.69. The van der Waals surface area contributed by atoms with Gasteiger partial charge in [0.15, 0.2) is 11.9 Å². The Morgan fingerprint density at radius 2 is 1.98 bits per heavy atom. The number of benzene rings is 1. The van der Waals surface area contributed by atoms with Gasteiger partial charge in [0.05, 0.1) is 12.2 Å². The van der Waals surface area contributed by atoms with Gasteiger partial charge >= 0.3 is 12.3 Å². The number of amides is 1. The smallest absolute Gasteiger partial charge is 0.427 e. The van der Waals surface area contributed by atoms with E-state index in [9.17, 15) is 26.4 Å². The Morgan fingerprint density at radius 3 is 2.56 bits per heavy atom. The summed E-state index contributed by atoms with van der Waals surface area (Å²) in [7, 11) is -4.32. The summed E-state index contributed by atoms with van der Waals surface area (Å²) in [6.45, 7) is 7.41. The summed E-state index contributed by atoms with van der Waals surface area (Å²) in [5, 5.41) is 13.1. The van der Waals surface area contributed by atoms with E-state index in [0.717, 1.165) is 4.31 Å². The maximum atomic E-state index is 13.9. The highest BCUT2D eigenvalue weighted by molar-refractivity contribution is 7.93. The zero-order valence-electron chi connectivity index (χ0n) is 22.9. The van der Waals surface area contributed by atoms with E-state index in [-0.39, 0.29) is 40.4 Å². The third kappa shape index (κ3) is 6.27. The van der Waals surface area contributed by atoms with Crippen LogP contribution in [-0.2, 0) is 26.1 Å². The molecule has 2 N–H and O–H groups in total. The molecule has 0 fully saturated rings. The second kappa shape index (κ2) is 10.8. The molecule has 0 unspecified atom stereocenters. The first-order chi connectivity index (χ1) is 18.9. The van der Waals surface area contributed by atoms with Crippen molar-refractivity contribution in [1.82, 2.24) is 15.1 Å². The molecule has 0 saturated carbocycles. The third-order valence-corrected chi connectivity index (χ3v) is 8.76. The summed E-state index contributed by atoms with van der Waals surface area (Å²) < 4.78 is 80.6. The van der Waals surface area contributed by atoms with Crippen LogP contribution in [0.5, 0.6) is 5.75 Å². The quantitative estimate of drug-likeness (QED) is 0.432. The van der Waals surface area contributed by atoms with Crippen LogP contribution in [-0.4, -0.2) is 61.3 Å². The van der Waals surface area contributed by atoms with Crippen molar-refractivity contribution in [3.63, 3.8) is 0 Å². The number of oxime groups is 1. The van der Waals surface area contributed by atoms with Gasteiger partial charge in [-0.15, -0.1) is 0 Å². The Labute approximate surface area is 239 Å². The van der Waals surface area contributed by atoms with Gasteiger partial charge in [-0.2, -0.15) is 18.3 Å². The first-order valence-corrected chi connectivity index (χ1v) is 14.3. The molecule has 0 bridgehead atoms. The van der Waals surface area contributed by atoms with Crippen LogP contribution in [0.2, 0.25) is 5.15 Å². The van der Waals surface area contributed by atoms with Gasteiger partial charge in [-0.05, 0) is 45.4 Å². The predicted octanol–water partition coefficient (Wildman–Crippen LogP) is 4.71. The lowest BCUT2D eigenvalue weighted by Crippen LogP contribution is -2.47. The van der Waals surface area contributed by atoms with Crippen LogP contribution in [0.25, 0.3) is 0 Å². The minimum atomic E-state index is -4.81. The number of nitrogens with zero attached hydrogens (tertiary/aromatic N) is 4. The molecule has 1 amide bonds. The van der Waals surface area contributed by atoms with E-state index in [4.69, 9.17) is 21.2 Å². The van der Waals surface area contributed by atoms with Gasteiger partial charge in [0.2, 0.25) is 5.60 Å². The number of carbonyl (C=O) groups is 1. The standard InChI is InChI=1S/C24H30ClF3N6O6S/c1-6-33-12-18(19(25)31-33)41(36,37)34-11-15(10-22(2,3)20-29-13-38-32-20)39-17-8-7-14(9-16(17)34)30-21(35)40-23(4,5)24(26,27)28/h7-9,12,15H,6,10-11,13H2,1-5H3,(H,29,32)(H,30,35)/t15-/m1/s1. The number of hydrogen-bond acceptors (Lipinski definition) is 9. The maximum Gasteiger partial charge on any atom is 0.427 e. The molecule has 2 aliphatic heterocycles. The average molecular weight is 623 g/mol. The topological polar surface area (TPSA) is 136 Å². The van der Waals surface area contributed by atoms with Gasteiger partial charge in [0.1, 0.15) is 22.6 Å². The van der Waals surface area contributed by atoms with E-state index >= 15 is 0 Å². The molecule has 0 spiro atoms. The molecule has 17 heteroatoms. The van der Waals surface area contributed by atoms with E-state index in [0.29, 0.717) is 32.6 Å². The fourth-order valence-corrected chi connectivity index (χ4v) is 6.20. The van der Waals surface area contributed by atoms with Crippen molar-refractivity contribution in [1.29, 1.82) is 0 Å². The lowest BCUT2D eigenvalue weighted by atomic mass is 9.85. The summed E-state index contributed by atoms with van der Waals surface area (Å²) in [6.07, 6.45) is -5.21. The van der Waals surface area contributed by atoms with Crippen molar-refractivity contribution in [3.05, 3.63) is 29.5 Å². The van der Waals surface area contributed by atoms with Gasteiger partial charge in [0.25, 0.3) is 10.0 Å². The second-order valence-corrected chi connectivity index (χ2v) is 12.8. The maximum absolute atomic E-state index is 13.9. The summed E-state index contributed by atoms with van der Waals surface area (Å²) in [5.74, 6) is 0.736. The number of aryl methyl sites for hydroxylation is 1. The number of aromatic nitrogens is 2. The van der Waals surface area contributed by atoms with Gasteiger partial charge in [-0.3, -0.25) is 14.3 Å². The number of halogens is 4. The molecule has 2 aromatic rings. The molecule has 0 radical (unpaired) electrons. The zero-order chi connectivity index (χ0) is 30.4. The van der Waals surface area contributed by atoms with E-state index in [2.05, 4.69) is 25.6 Å². The number of nitrogens with one attached hydrogen (secondary N) is 2. The molecule has 226 valence electrons. The number of sulfonamides is 1. The fourth-order valence-electron chi connectivity index (χ4n) is 4.25. The van der Waals surface area contributed by atoms with Gasteiger partial charge < -0.3 is 19.6 Å². The first-order valence-electron chi connectivity index (χ1n) is 12.5. The van der Waals surface area contributed by atoms with Crippen LogP contribution in [0.3, 0.4) is 0 Å². The van der Waals surface area contributed by atoms with Crippen LogP contribution >= 0.6 is 11.6 Å². The Bertz CT molecular complexity index is 1460. The van der Waals surface area contributed by atoms with Crippen molar-refractivity contribution >= 4 is 44.9 Å². The third-order valence-electron chi connectivity index (χ3n) is 6.58. The molecular weight excluding hydrogens is 593 g/mol. The van der Waals surface area contributed by atoms with Crippen LogP contribution in [0.1, 0.15) is 41.0 Å². The lowest BCUT2D eigenvalue weighted by molar-refractivity contribution is -0.242. The molecule has 0 saturated heterocycles. The first kappa shape index (κ1) is 30.6. The molecule has 12 nitrogen and oxygen atoms in total. The SMILES string of the molecule is CCn1cc(S(=O)(=O)N2C[C@@H](CC(C)(C)C3=NOCN3)Oc3ccc(NC(=O)OC(C)(C)C(F)(F)F)cc32)c(Cl)n1. The number of hydrogen-bond donors (Lipinski definition) is 2. The monoisotopic (exact) mass is 622 g/mol. The van der Waals surface area contributed by atoms with Crippen LogP contribution in [0.4, 0.5) is 29.3 Å². The highest BCUT2D eigenvalue weighted by atomic mass is 35.5. The summed E-state index contributed by atoms with van der Waals surface area (Å²) in [4.78, 5) is 17.1. The molecule has 41 heavy (non-hydrogen) atoms. The summed E-state index contributed by atoms with van der Waals surface area (Å²) in [6, 6.07) is 4.04. The molecule has 4 rings (SSSR count). The number of carbonyl (C=O) groups excluding carboxylic acids is 1. The number of anilines is 2. The predicted molar refractivity (Wildman–Crippen MR) is 143 cm³/mol. The van der Waals surface area contributed by atoms with Gasteiger partial charge in [0, 0.05) is 23.8 Å². The number of fused-ring (bicyclic) bond motifs is 1. The molecule has 0 aliphatic carbocycles. The van der Waals surface area contributed by atoms with E-state index in [1.54, 1.807) is 6.92 Å². The normalized spacial score (nSPS) is 17.6. The molecule has 2 aliphatic rings. The van der Waals surface area contributed by atoms with E-state index < -0.39 is 39.4 Å². The lowest BCUT2D eigenvalue weighted by Gasteiger charge is -2.38. The molecular formula is C24H30ClF3N6O6S. The zero-order valence-corrected chi connectivity index (χ0v) is 24.4.